The van der Waals surface area contributed by atoms with Gasteiger partial charge < -0.3 is 4.74 Å². The fraction of sp³-hybridized carbons (Fsp3) is 0.923. The lowest BCUT2D eigenvalue weighted by Gasteiger charge is -2.11. The average Bonchev–Trinajstić information content (AvgIpc) is 2.27. The molecule has 0 amide bonds. The molecule has 0 fully saturated rings. The Morgan fingerprint density at radius 1 is 1.07 bits per heavy atom. The van der Waals surface area contributed by atoms with E-state index >= 15 is 0 Å². The van der Waals surface area contributed by atoms with E-state index in [1.807, 2.05) is 0 Å². The first-order valence-electron chi connectivity index (χ1n) is 6.34. The summed E-state index contributed by atoms with van der Waals surface area (Å²) in [6, 6.07) is 0. The van der Waals surface area contributed by atoms with Crippen molar-refractivity contribution in [1.82, 2.24) is 0 Å². The molecule has 0 aromatic rings. The molecule has 15 heavy (non-hydrogen) atoms. The summed E-state index contributed by atoms with van der Waals surface area (Å²) in [5.41, 5.74) is 0. The number of ether oxygens (including phenoxy) is 1. The summed E-state index contributed by atoms with van der Waals surface area (Å²) in [7, 11) is 1.48. The second-order valence-corrected chi connectivity index (χ2v) is 4.18. The molecule has 0 heterocycles. The molecule has 0 rings (SSSR count). The number of unbranched alkanes of at least 4 members (excludes halogenated alkanes) is 5. The molecule has 0 aliphatic carbocycles. The molecule has 0 N–H and O–H groups in total. The van der Waals surface area contributed by atoms with Crippen molar-refractivity contribution in [3.63, 3.8) is 0 Å². The Morgan fingerprint density at radius 2 is 1.67 bits per heavy atom. The molecule has 0 bridgehead atoms. The van der Waals surface area contributed by atoms with Crippen molar-refractivity contribution in [2.24, 2.45) is 5.92 Å². The number of hydrogen-bond donors (Lipinski definition) is 0. The molecule has 1 unspecified atom stereocenters. The zero-order valence-electron chi connectivity index (χ0n) is 10.6. The van der Waals surface area contributed by atoms with Gasteiger partial charge in [-0.15, -0.1) is 0 Å². The molecule has 2 heteroatoms. The summed E-state index contributed by atoms with van der Waals surface area (Å²) in [4.78, 5) is 11.3. The van der Waals surface area contributed by atoms with Gasteiger partial charge in [-0.05, 0) is 12.8 Å². The van der Waals surface area contributed by atoms with Crippen molar-refractivity contribution >= 4 is 5.97 Å². The van der Waals surface area contributed by atoms with Crippen LogP contribution in [0, 0.1) is 5.92 Å². The highest BCUT2D eigenvalue weighted by Crippen LogP contribution is 2.16. The number of esters is 1. The van der Waals surface area contributed by atoms with Crippen LogP contribution in [0.15, 0.2) is 0 Å². The fourth-order valence-corrected chi connectivity index (χ4v) is 1.83. The van der Waals surface area contributed by atoms with Gasteiger partial charge >= 0.3 is 5.97 Å². The van der Waals surface area contributed by atoms with E-state index in [0.29, 0.717) is 0 Å². The summed E-state index contributed by atoms with van der Waals surface area (Å²) in [5, 5.41) is 0. The smallest absolute Gasteiger partial charge is 0.308 e. The highest BCUT2D eigenvalue weighted by atomic mass is 16.5. The van der Waals surface area contributed by atoms with E-state index in [4.69, 9.17) is 4.74 Å². The fourth-order valence-electron chi connectivity index (χ4n) is 1.83. The maximum absolute atomic E-state index is 11.3. The summed E-state index contributed by atoms with van der Waals surface area (Å²) in [6.07, 6.45) is 9.60. The van der Waals surface area contributed by atoms with Gasteiger partial charge in [-0.2, -0.15) is 0 Å². The summed E-state index contributed by atoms with van der Waals surface area (Å²) in [6.45, 7) is 4.28. The SMILES string of the molecule is CCCCCCCCC(CC)C(=O)OC. The standard InChI is InChI=1S/C13H26O2/c1-4-6-7-8-9-10-11-12(5-2)13(14)15-3/h12H,4-11H2,1-3H3. The molecule has 0 radical (unpaired) electrons. The minimum Gasteiger partial charge on any atom is -0.469 e. The second-order valence-electron chi connectivity index (χ2n) is 4.18. The third-order valence-electron chi connectivity index (χ3n) is 2.93. The number of carbonyl (C=O) groups excluding carboxylic acids is 1. The molecule has 90 valence electrons. The number of hydrogen-bond acceptors (Lipinski definition) is 2. The van der Waals surface area contributed by atoms with Crippen molar-refractivity contribution in [2.75, 3.05) is 7.11 Å². The third kappa shape index (κ3) is 7.40. The van der Waals surface area contributed by atoms with Crippen LogP contribution in [-0.2, 0) is 9.53 Å². The molecule has 0 saturated carbocycles. The number of rotatable bonds is 9. The molecule has 1 atom stereocenters. The maximum Gasteiger partial charge on any atom is 0.308 e. The Morgan fingerprint density at radius 3 is 2.20 bits per heavy atom. The van der Waals surface area contributed by atoms with E-state index in [1.165, 1.54) is 39.2 Å². The minimum absolute atomic E-state index is 0.0361. The number of carbonyl (C=O) groups is 1. The Hall–Kier alpha value is -0.530. The third-order valence-corrected chi connectivity index (χ3v) is 2.93. The zero-order chi connectivity index (χ0) is 11.5. The zero-order valence-corrected chi connectivity index (χ0v) is 10.6. The van der Waals surface area contributed by atoms with E-state index < -0.39 is 0 Å². The van der Waals surface area contributed by atoms with Crippen LogP contribution in [0.3, 0.4) is 0 Å². The van der Waals surface area contributed by atoms with Crippen molar-refractivity contribution < 1.29 is 9.53 Å². The highest BCUT2D eigenvalue weighted by molar-refractivity contribution is 5.72. The topological polar surface area (TPSA) is 26.3 Å². The van der Waals surface area contributed by atoms with E-state index in [0.717, 1.165) is 19.3 Å². The van der Waals surface area contributed by atoms with Gasteiger partial charge in [0.05, 0.1) is 13.0 Å². The molecule has 0 aromatic heterocycles. The lowest BCUT2D eigenvalue weighted by molar-refractivity contribution is -0.145. The second kappa shape index (κ2) is 10.0. The van der Waals surface area contributed by atoms with E-state index in [1.54, 1.807) is 0 Å². The van der Waals surface area contributed by atoms with Gasteiger partial charge in [-0.1, -0.05) is 52.4 Å². The van der Waals surface area contributed by atoms with E-state index in [9.17, 15) is 4.79 Å². The molecule has 0 spiro atoms. The van der Waals surface area contributed by atoms with Gasteiger partial charge in [-0.25, -0.2) is 0 Å². The molecule has 0 saturated heterocycles. The lowest BCUT2D eigenvalue weighted by atomic mass is 9.98. The molecular weight excluding hydrogens is 188 g/mol. The van der Waals surface area contributed by atoms with Gasteiger partial charge in [-0.3, -0.25) is 4.79 Å². The van der Waals surface area contributed by atoms with Crippen LogP contribution >= 0.6 is 0 Å². The predicted octanol–water partition coefficient (Wildman–Crippen LogP) is 3.94. The summed E-state index contributed by atoms with van der Waals surface area (Å²) >= 11 is 0. The van der Waals surface area contributed by atoms with Crippen LogP contribution in [0.25, 0.3) is 0 Å². The molecule has 0 aromatic carbocycles. The average molecular weight is 214 g/mol. The highest BCUT2D eigenvalue weighted by Gasteiger charge is 2.15. The van der Waals surface area contributed by atoms with E-state index in [2.05, 4.69) is 13.8 Å². The number of methoxy groups -OCH3 is 1. The normalized spacial score (nSPS) is 12.5. The Labute approximate surface area is 94.4 Å². The largest absolute Gasteiger partial charge is 0.469 e. The summed E-state index contributed by atoms with van der Waals surface area (Å²) < 4.78 is 4.76. The lowest BCUT2D eigenvalue weighted by Crippen LogP contribution is -2.15. The van der Waals surface area contributed by atoms with Gasteiger partial charge in [0, 0.05) is 0 Å². The van der Waals surface area contributed by atoms with Crippen molar-refractivity contribution in [3.05, 3.63) is 0 Å². The predicted molar refractivity (Wildman–Crippen MR) is 63.8 cm³/mol. The van der Waals surface area contributed by atoms with E-state index in [-0.39, 0.29) is 11.9 Å². The molecule has 2 nitrogen and oxygen atoms in total. The van der Waals surface area contributed by atoms with Crippen LogP contribution < -0.4 is 0 Å². The molecule has 0 aliphatic heterocycles. The Balaban J connectivity index is 3.42. The van der Waals surface area contributed by atoms with Crippen LogP contribution in [-0.4, -0.2) is 13.1 Å². The quantitative estimate of drug-likeness (QED) is 0.429. The van der Waals surface area contributed by atoms with Crippen molar-refractivity contribution in [3.8, 4) is 0 Å². The molecular formula is C13H26O2. The van der Waals surface area contributed by atoms with Crippen LogP contribution in [0.1, 0.15) is 65.2 Å². The van der Waals surface area contributed by atoms with Crippen LogP contribution in [0.5, 0.6) is 0 Å². The van der Waals surface area contributed by atoms with Gasteiger partial charge in [0.1, 0.15) is 0 Å². The van der Waals surface area contributed by atoms with Crippen molar-refractivity contribution in [1.29, 1.82) is 0 Å². The Kier molecular flexibility index (Phi) is 9.65. The monoisotopic (exact) mass is 214 g/mol. The first-order chi connectivity index (χ1) is 7.26. The van der Waals surface area contributed by atoms with Crippen molar-refractivity contribution in [2.45, 2.75) is 65.2 Å². The van der Waals surface area contributed by atoms with Crippen LogP contribution in [0.2, 0.25) is 0 Å². The first-order valence-corrected chi connectivity index (χ1v) is 6.34. The molecule has 0 aliphatic rings. The van der Waals surface area contributed by atoms with Gasteiger partial charge in [0.25, 0.3) is 0 Å². The minimum atomic E-state index is -0.0361. The Bertz CT molecular complexity index is 155. The maximum atomic E-state index is 11.3. The van der Waals surface area contributed by atoms with Crippen LogP contribution in [0.4, 0.5) is 0 Å². The van der Waals surface area contributed by atoms with Gasteiger partial charge in [0.15, 0.2) is 0 Å². The first kappa shape index (κ1) is 14.5. The summed E-state index contributed by atoms with van der Waals surface area (Å²) in [5.74, 6) is 0.0900. The van der Waals surface area contributed by atoms with Gasteiger partial charge in [0.2, 0.25) is 0 Å².